The normalized spacial score (nSPS) is 15.2. The Morgan fingerprint density at radius 3 is 2.21 bits per heavy atom. The Kier molecular flexibility index (Phi) is 10.4. The van der Waals surface area contributed by atoms with Gasteiger partial charge in [0.2, 0.25) is 11.8 Å². The second kappa shape index (κ2) is 13.1. The number of amides is 2. The Hall–Kier alpha value is -2.40. The first-order chi connectivity index (χ1) is 17.9. The molecule has 1 fully saturated rings. The van der Waals surface area contributed by atoms with Crippen LogP contribution in [0.15, 0.2) is 42.5 Å². The molecule has 2 amide bonds. The summed E-state index contributed by atoms with van der Waals surface area (Å²) in [6.45, 7) is 0.670. The molecule has 0 radical (unpaired) electrons. The van der Waals surface area contributed by atoms with E-state index in [0.29, 0.717) is 19.9 Å². The number of benzene rings is 2. The molecule has 1 N–H and O–H groups in total. The lowest BCUT2D eigenvalue weighted by Gasteiger charge is -2.34. The molecule has 3 rings (SSSR count). The molecule has 1 unspecified atom stereocenters. The summed E-state index contributed by atoms with van der Waals surface area (Å²) >= 11 is 12.7. The van der Waals surface area contributed by atoms with Gasteiger partial charge in [0.05, 0.1) is 5.69 Å². The number of para-hydroxylation sites is 1. The third-order valence-electron chi connectivity index (χ3n) is 6.65. The van der Waals surface area contributed by atoms with Crippen molar-refractivity contribution in [2.45, 2.75) is 57.7 Å². The van der Waals surface area contributed by atoms with Gasteiger partial charge in [0, 0.05) is 42.3 Å². The molecule has 2 aromatic rings. The van der Waals surface area contributed by atoms with Gasteiger partial charge in [-0.15, -0.1) is 0 Å². The van der Waals surface area contributed by atoms with Crippen molar-refractivity contribution in [3.05, 3.63) is 63.9 Å². The molecule has 1 aliphatic rings. The summed E-state index contributed by atoms with van der Waals surface area (Å²) in [5.41, 5.74) is 0.124. The molecular formula is C26H33Cl2FN4O4S. The minimum Gasteiger partial charge on any atom is -0.352 e. The molecule has 0 aliphatic heterocycles. The summed E-state index contributed by atoms with van der Waals surface area (Å²) in [7, 11) is -1.70. The van der Waals surface area contributed by atoms with Crippen LogP contribution in [-0.2, 0) is 26.3 Å². The van der Waals surface area contributed by atoms with Crippen molar-refractivity contribution in [1.82, 2.24) is 14.5 Å². The van der Waals surface area contributed by atoms with Gasteiger partial charge in [0.15, 0.2) is 0 Å². The van der Waals surface area contributed by atoms with E-state index in [0.717, 1.165) is 42.5 Å². The quantitative estimate of drug-likeness (QED) is 0.440. The first-order valence-electron chi connectivity index (χ1n) is 12.4. The smallest absolute Gasteiger partial charge is 0.304 e. The number of carbonyl (C=O) groups is 2. The van der Waals surface area contributed by atoms with E-state index in [1.807, 2.05) is 0 Å². The van der Waals surface area contributed by atoms with Gasteiger partial charge in [0.25, 0.3) is 0 Å². The molecule has 0 heterocycles. The number of nitrogens with zero attached hydrogens (tertiary/aromatic N) is 3. The molecule has 0 spiro atoms. The van der Waals surface area contributed by atoms with Gasteiger partial charge in [-0.3, -0.25) is 9.59 Å². The van der Waals surface area contributed by atoms with Gasteiger partial charge < -0.3 is 10.2 Å². The lowest BCUT2D eigenvalue weighted by Crippen LogP contribution is -2.54. The highest BCUT2D eigenvalue weighted by molar-refractivity contribution is 7.90. The summed E-state index contributed by atoms with van der Waals surface area (Å²) in [5.74, 6) is -1.91. The summed E-state index contributed by atoms with van der Waals surface area (Å²) in [4.78, 5) is 28.3. The molecule has 8 nitrogen and oxygen atoms in total. The van der Waals surface area contributed by atoms with Crippen LogP contribution in [0, 0.1) is 5.82 Å². The van der Waals surface area contributed by atoms with Crippen molar-refractivity contribution in [2.75, 3.05) is 24.9 Å². The van der Waals surface area contributed by atoms with Crippen molar-refractivity contribution in [1.29, 1.82) is 0 Å². The van der Waals surface area contributed by atoms with Crippen molar-refractivity contribution >= 4 is 50.9 Å². The summed E-state index contributed by atoms with van der Waals surface area (Å²) in [6.07, 6.45) is 4.84. The van der Waals surface area contributed by atoms with Crippen LogP contribution in [0.4, 0.5) is 10.1 Å². The molecule has 1 saturated carbocycles. The molecule has 0 aromatic heterocycles. The van der Waals surface area contributed by atoms with Crippen LogP contribution in [0.1, 0.15) is 44.6 Å². The van der Waals surface area contributed by atoms with Gasteiger partial charge in [-0.05, 0) is 44.0 Å². The Bertz CT molecular complexity index is 1240. The van der Waals surface area contributed by atoms with Gasteiger partial charge >= 0.3 is 10.2 Å². The van der Waals surface area contributed by atoms with E-state index in [1.165, 1.54) is 37.2 Å². The largest absolute Gasteiger partial charge is 0.352 e. The van der Waals surface area contributed by atoms with Crippen LogP contribution in [0.2, 0.25) is 10.0 Å². The predicted molar refractivity (Wildman–Crippen MR) is 148 cm³/mol. The Labute approximate surface area is 233 Å². The van der Waals surface area contributed by atoms with Crippen molar-refractivity contribution in [3.63, 3.8) is 0 Å². The second-order valence-corrected chi connectivity index (χ2v) is 12.4. The van der Waals surface area contributed by atoms with E-state index in [9.17, 15) is 22.4 Å². The van der Waals surface area contributed by atoms with Gasteiger partial charge in [-0.25, -0.2) is 8.70 Å². The molecule has 0 bridgehead atoms. The summed E-state index contributed by atoms with van der Waals surface area (Å²) in [6, 6.07) is 9.18. The van der Waals surface area contributed by atoms with Crippen LogP contribution < -0.4 is 9.62 Å². The maximum absolute atomic E-state index is 14.7. The average molecular weight is 588 g/mol. The number of anilines is 1. The highest BCUT2D eigenvalue weighted by atomic mass is 35.5. The lowest BCUT2D eigenvalue weighted by atomic mass is 9.95. The maximum Gasteiger partial charge on any atom is 0.304 e. The zero-order chi connectivity index (χ0) is 28.0. The molecule has 1 atom stereocenters. The highest BCUT2D eigenvalue weighted by Crippen LogP contribution is 2.28. The molecule has 2 aromatic carbocycles. The average Bonchev–Trinajstić information content (AvgIpc) is 2.87. The van der Waals surface area contributed by atoms with E-state index < -0.39 is 34.5 Å². The summed E-state index contributed by atoms with van der Waals surface area (Å²) in [5, 5.41) is 3.60. The zero-order valence-electron chi connectivity index (χ0n) is 21.7. The Morgan fingerprint density at radius 1 is 1.03 bits per heavy atom. The molecule has 1 aliphatic carbocycles. The number of carbonyl (C=O) groups excluding carboxylic acids is 2. The minimum atomic E-state index is -4.27. The molecule has 12 heteroatoms. The number of halogens is 3. The van der Waals surface area contributed by atoms with E-state index in [2.05, 4.69) is 5.32 Å². The third-order valence-corrected chi connectivity index (χ3v) is 9.16. The van der Waals surface area contributed by atoms with Crippen LogP contribution in [0.25, 0.3) is 0 Å². The molecular weight excluding hydrogens is 554 g/mol. The van der Waals surface area contributed by atoms with Gasteiger partial charge in [0.1, 0.15) is 18.4 Å². The number of nitrogens with one attached hydrogen (secondary N) is 1. The van der Waals surface area contributed by atoms with E-state index >= 15 is 0 Å². The van der Waals surface area contributed by atoms with Crippen LogP contribution in [0.5, 0.6) is 0 Å². The Morgan fingerprint density at radius 2 is 1.63 bits per heavy atom. The van der Waals surface area contributed by atoms with Gasteiger partial charge in [-0.2, -0.15) is 12.7 Å². The van der Waals surface area contributed by atoms with E-state index in [1.54, 1.807) is 25.1 Å². The zero-order valence-corrected chi connectivity index (χ0v) is 24.0. The third kappa shape index (κ3) is 7.16. The lowest BCUT2D eigenvalue weighted by molar-refractivity contribution is -0.139. The topological polar surface area (TPSA) is 90.0 Å². The van der Waals surface area contributed by atoms with Crippen LogP contribution in [0.3, 0.4) is 0 Å². The summed E-state index contributed by atoms with van der Waals surface area (Å²) < 4.78 is 42.7. The van der Waals surface area contributed by atoms with E-state index in [4.69, 9.17) is 23.2 Å². The second-order valence-electron chi connectivity index (χ2n) is 9.49. The maximum atomic E-state index is 14.7. The van der Waals surface area contributed by atoms with E-state index in [-0.39, 0.29) is 24.2 Å². The first kappa shape index (κ1) is 30.1. The number of hydrogen-bond acceptors (Lipinski definition) is 4. The standard InChI is InChI=1S/C26H33Cl2FN4O4S/c1-18(26(35)30-19-10-5-4-6-11-19)32(16-20-21(27)12-9-13-22(20)28)25(34)17-33(38(36,37)31(2)3)24-15-8-7-14-23(24)29/h7-9,12-15,18-19H,4-6,10-11,16-17H2,1-3H3,(H,30,35). The molecule has 38 heavy (non-hydrogen) atoms. The van der Waals surface area contributed by atoms with Crippen LogP contribution in [-0.4, -0.2) is 62.2 Å². The van der Waals surface area contributed by atoms with Gasteiger partial charge in [-0.1, -0.05) is 60.7 Å². The number of rotatable bonds is 10. The first-order valence-corrected chi connectivity index (χ1v) is 14.6. The fourth-order valence-electron chi connectivity index (χ4n) is 4.36. The van der Waals surface area contributed by atoms with Crippen molar-refractivity contribution in [2.24, 2.45) is 0 Å². The van der Waals surface area contributed by atoms with Crippen molar-refractivity contribution in [3.8, 4) is 0 Å². The minimum absolute atomic E-state index is 0.00332. The predicted octanol–water partition coefficient (Wildman–Crippen LogP) is 4.61. The molecule has 0 saturated heterocycles. The fraction of sp³-hybridized carbons (Fsp3) is 0.462. The number of hydrogen-bond donors (Lipinski definition) is 1. The molecule has 208 valence electrons. The van der Waals surface area contributed by atoms with Crippen molar-refractivity contribution < 1.29 is 22.4 Å². The SMILES string of the molecule is CC(C(=O)NC1CCCCC1)N(Cc1c(Cl)cccc1Cl)C(=O)CN(c1ccccc1F)S(=O)(=O)N(C)C. The fourth-order valence-corrected chi connectivity index (χ4v) is 5.94. The monoisotopic (exact) mass is 586 g/mol. The highest BCUT2D eigenvalue weighted by Gasteiger charge is 2.34. The Balaban J connectivity index is 1.97. The van der Waals surface area contributed by atoms with Crippen LogP contribution >= 0.6 is 23.2 Å².